The number of ketones is 1. The lowest BCUT2D eigenvalue weighted by atomic mass is 9.77. The summed E-state index contributed by atoms with van der Waals surface area (Å²) in [5, 5.41) is 13.9. The third-order valence-corrected chi connectivity index (χ3v) is 6.49. The lowest BCUT2D eigenvalue weighted by Crippen LogP contribution is -2.54. The molecule has 3 N–H and O–H groups in total. The predicted octanol–water partition coefficient (Wildman–Crippen LogP) is 4.83. The smallest absolute Gasteiger partial charge is 0.398 e. The molecule has 1 atom stereocenters. The minimum absolute atomic E-state index is 0.0273. The molecule has 0 amide bonds. The van der Waals surface area contributed by atoms with E-state index in [0.717, 1.165) is 12.1 Å². The summed E-state index contributed by atoms with van der Waals surface area (Å²) >= 11 is 0. The molecule has 0 saturated heterocycles. The van der Waals surface area contributed by atoms with Gasteiger partial charge in [-0.3, -0.25) is 4.79 Å². The number of hydrogen-bond acceptors (Lipinski definition) is 6. The molecular formula is C23H17F7N2O4. The molecule has 3 aromatic rings. The summed E-state index contributed by atoms with van der Waals surface area (Å²) in [7, 11) is 0. The lowest BCUT2D eigenvalue weighted by Gasteiger charge is -2.34. The van der Waals surface area contributed by atoms with Crippen LogP contribution in [0.1, 0.15) is 46.4 Å². The van der Waals surface area contributed by atoms with Crippen molar-refractivity contribution in [1.29, 1.82) is 0 Å². The Bertz CT molecular complexity index is 1440. The van der Waals surface area contributed by atoms with Crippen molar-refractivity contribution in [3.63, 3.8) is 0 Å². The molecule has 1 aliphatic rings. The van der Waals surface area contributed by atoms with Gasteiger partial charge in [-0.1, -0.05) is 5.16 Å². The van der Waals surface area contributed by atoms with E-state index in [1.54, 1.807) is 0 Å². The average molecular weight is 518 g/mol. The number of hydrogen-bond donors (Lipinski definition) is 2. The molecule has 1 aliphatic carbocycles. The Balaban J connectivity index is 1.86. The molecule has 13 heteroatoms. The SMILES string of the molecule is Cc1noc(=O)c2ccc(C(=O)C(O)(CC3(c4cc(F)ccc4C(F)(F)F)CC3)C(F)(F)F)c(N)c12. The number of nitrogens with zero attached hydrogens (tertiary/aromatic N) is 1. The number of nitrogen functional groups attached to an aromatic ring is 1. The zero-order chi connectivity index (χ0) is 26.8. The number of halogens is 7. The summed E-state index contributed by atoms with van der Waals surface area (Å²) in [5.74, 6) is -3.05. The topological polar surface area (TPSA) is 106 Å². The van der Waals surface area contributed by atoms with Gasteiger partial charge >= 0.3 is 18.0 Å². The molecule has 1 fully saturated rings. The molecule has 0 spiro atoms. The van der Waals surface area contributed by atoms with Crippen LogP contribution in [-0.2, 0) is 11.6 Å². The molecule has 0 radical (unpaired) electrons. The number of carbonyl (C=O) groups is 1. The van der Waals surface area contributed by atoms with Crippen molar-refractivity contribution < 1.29 is 45.2 Å². The number of nitrogens with two attached hydrogens (primary N) is 1. The van der Waals surface area contributed by atoms with Crippen LogP contribution in [0.4, 0.5) is 36.4 Å². The third-order valence-electron chi connectivity index (χ3n) is 6.49. The van der Waals surface area contributed by atoms with Crippen molar-refractivity contribution in [2.24, 2.45) is 0 Å². The number of anilines is 1. The number of aliphatic hydroxyl groups is 1. The molecule has 1 unspecified atom stereocenters. The monoisotopic (exact) mass is 518 g/mol. The van der Waals surface area contributed by atoms with Crippen LogP contribution in [0.3, 0.4) is 0 Å². The van der Waals surface area contributed by atoms with E-state index in [2.05, 4.69) is 9.68 Å². The maximum atomic E-state index is 14.2. The van der Waals surface area contributed by atoms with Gasteiger partial charge in [-0.25, -0.2) is 9.18 Å². The van der Waals surface area contributed by atoms with Gasteiger partial charge < -0.3 is 15.4 Å². The highest BCUT2D eigenvalue weighted by Crippen LogP contribution is 2.58. The Morgan fingerprint density at radius 3 is 2.33 bits per heavy atom. The number of rotatable bonds is 5. The highest BCUT2D eigenvalue weighted by molar-refractivity contribution is 6.12. The minimum atomic E-state index is -5.64. The fourth-order valence-corrected chi connectivity index (χ4v) is 4.50. The van der Waals surface area contributed by atoms with E-state index >= 15 is 0 Å². The molecule has 1 aromatic heterocycles. The zero-order valence-corrected chi connectivity index (χ0v) is 18.4. The van der Waals surface area contributed by atoms with Gasteiger partial charge in [0.25, 0.3) is 0 Å². The van der Waals surface area contributed by atoms with E-state index < -0.39 is 69.4 Å². The van der Waals surface area contributed by atoms with Crippen LogP contribution in [0.15, 0.2) is 39.6 Å². The third kappa shape index (κ3) is 4.00. The first-order valence-corrected chi connectivity index (χ1v) is 10.4. The molecule has 36 heavy (non-hydrogen) atoms. The van der Waals surface area contributed by atoms with E-state index in [4.69, 9.17) is 5.73 Å². The largest absolute Gasteiger partial charge is 0.424 e. The number of benzene rings is 2. The van der Waals surface area contributed by atoms with Gasteiger partial charge in [0.05, 0.1) is 22.3 Å². The predicted molar refractivity (Wildman–Crippen MR) is 112 cm³/mol. The van der Waals surface area contributed by atoms with Crippen molar-refractivity contribution in [3.05, 3.63) is 69.0 Å². The van der Waals surface area contributed by atoms with Gasteiger partial charge in [-0.2, -0.15) is 26.3 Å². The van der Waals surface area contributed by atoms with Crippen molar-refractivity contribution in [2.45, 2.75) is 49.6 Å². The maximum Gasteiger partial charge on any atom is 0.424 e. The van der Waals surface area contributed by atoms with E-state index in [-0.39, 0.29) is 29.3 Å². The van der Waals surface area contributed by atoms with Gasteiger partial charge in [0, 0.05) is 17.4 Å². The molecule has 1 heterocycles. The Morgan fingerprint density at radius 1 is 1.14 bits per heavy atom. The van der Waals surface area contributed by atoms with Crippen molar-refractivity contribution in [3.8, 4) is 0 Å². The normalized spacial score (nSPS) is 17.1. The van der Waals surface area contributed by atoms with Gasteiger partial charge in [-0.05, 0) is 61.1 Å². The second-order valence-electron chi connectivity index (χ2n) is 8.84. The van der Waals surface area contributed by atoms with E-state index in [1.807, 2.05) is 0 Å². The molecule has 6 nitrogen and oxygen atoms in total. The van der Waals surface area contributed by atoms with Crippen molar-refractivity contribution >= 4 is 22.2 Å². The Kier molecular flexibility index (Phi) is 5.70. The number of aromatic nitrogens is 1. The minimum Gasteiger partial charge on any atom is -0.398 e. The highest BCUT2D eigenvalue weighted by atomic mass is 19.4. The van der Waals surface area contributed by atoms with Crippen molar-refractivity contribution in [2.75, 3.05) is 5.73 Å². The molecule has 4 rings (SSSR count). The van der Waals surface area contributed by atoms with E-state index in [9.17, 15) is 45.4 Å². The summed E-state index contributed by atoms with van der Waals surface area (Å²) in [6, 6.07) is 3.15. The Morgan fingerprint density at radius 2 is 1.78 bits per heavy atom. The van der Waals surface area contributed by atoms with Gasteiger partial charge in [0.2, 0.25) is 11.4 Å². The highest BCUT2D eigenvalue weighted by Gasteiger charge is 2.65. The van der Waals surface area contributed by atoms with Crippen LogP contribution >= 0.6 is 0 Å². The number of fused-ring (bicyclic) bond motifs is 1. The van der Waals surface area contributed by atoms with Gasteiger partial charge in [-0.15, -0.1) is 0 Å². The number of carbonyl (C=O) groups excluding carboxylic acids is 1. The van der Waals surface area contributed by atoms with Crippen LogP contribution < -0.4 is 11.4 Å². The number of alkyl halides is 6. The van der Waals surface area contributed by atoms with Crippen LogP contribution in [-0.4, -0.2) is 27.8 Å². The van der Waals surface area contributed by atoms with E-state index in [0.29, 0.717) is 18.2 Å². The fraction of sp³-hybridized carbons (Fsp3) is 0.348. The summed E-state index contributed by atoms with van der Waals surface area (Å²) in [4.78, 5) is 25.1. The first-order chi connectivity index (χ1) is 16.5. The summed E-state index contributed by atoms with van der Waals surface area (Å²) < 4.78 is 102. The average Bonchev–Trinajstić information content (AvgIpc) is 3.54. The molecule has 2 aromatic carbocycles. The number of Topliss-reactive ketones (excluding diaryl/α,β-unsaturated/α-hetero) is 1. The summed E-state index contributed by atoms with van der Waals surface area (Å²) in [6.07, 6.45) is -12.7. The summed E-state index contributed by atoms with van der Waals surface area (Å²) in [6.45, 7) is 1.31. The second kappa shape index (κ2) is 8.02. The maximum absolute atomic E-state index is 14.2. The molecule has 1 saturated carbocycles. The van der Waals surface area contributed by atoms with Gasteiger partial charge in [0.1, 0.15) is 5.82 Å². The number of aryl methyl sites for hydroxylation is 1. The van der Waals surface area contributed by atoms with Crippen LogP contribution in [0.5, 0.6) is 0 Å². The van der Waals surface area contributed by atoms with Crippen LogP contribution in [0.2, 0.25) is 0 Å². The Hall–Kier alpha value is -3.48. The fourth-order valence-electron chi connectivity index (χ4n) is 4.50. The first kappa shape index (κ1) is 25.6. The standard InChI is InChI=1S/C23H17F7N2O4/c1-10-16-12(19(34)36-32-10)3-4-13(17(16)31)18(33)21(35,23(28,29)30)9-20(6-7-20)15-8-11(24)2-5-14(15)22(25,26)27/h2-5,8,35H,6-7,9,31H2,1H3. The molecule has 0 bridgehead atoms. The summed E-state index contributed by atoms with van der Waals surface area (Å²) in [5.41, 5.74) is -4.81. The van der Waals surface area contributed by atoms with Gasteiger partial charge in [0.15, 0.2) is 0 Å². The zero-order valence-electron chi connectivity index (χ0n) is 18.4. The molecule has 0 aliphatic heterocycles. The van der Waals surface area contributed by atoms with E-state index in [1.165, 1.54) is 6.92 Å². The molecule has 192 valence electrons. The quantitative estimate of drug-likeness (QED) is 0.285. The molecular weight excluding hydrogens is 501 g/mol. The van der Waals surface area contributed by atoms with Crippen LogP contribution in [0.25, 0.3) is 10.8 Å². The first-order valence-electron chi connectivity index (χ1n) is 10.4. The lowest BCUT2D eigenvalue weighted by molar-refractivity contribution is -0.241. The Labute approximate surface area is 197 Å². The van der Waals surface area contributed by atoms with Crippen LogP contribution in [0, 0.1) is 12.7 Å². The second-order valence-corrected chi connectivity index (χ2v) is 8.84. The van der Waals surface area contributed by atoms with Crippen molar-refractivity contribution in [1.82, 2.24) is 5.16 Å².